The molecule has 0 aliphatic rings. The lowest BCUT2D eigenvalue weighted by Crippen LogP contribution is -2.23. The maximum absolute atomic E-state index is 12.1. The predicted octanol–water partition coefficient (Wildman–Crippen LogP) is 3.40. The lowest BCUT2D eigenvalue weighted by molar-refractivity contribution is -0.274. The van der Waals surface area contributed by atoms with Gasteiger partial charge < -0.3 is 20.4 Å². The molecule has 0 unspecified atom stereocenters. The van der Waals surface area contributed by atoms with Crippen LogP contribution in [0, 0.1) is 0 Å². The first-order chi connectivity index (χ1) is 12.3. The molecule has 0 aliphatic carbocycles. The SMILES string of the molecule is Cn1c(CN=C(N)Nc2ccc(OC(F)(F)F)cc2)nc2ccccc21. The number of aromatic nitrogens is 2. The number of para-hydroxylation sites is 2. The van der Waals surface area contributed by atoms with Crippen LogP contribution in [0.15, 0.2) is 53.5 Å². The van der Waals surface area contributed by atoms with Gasteiger partial charge in [0.25, 0.3) is 0 Å². The molecule has 0 bridgehead atoms. The summed E-state index contributed by atoms with van der Waals surface area (Å²) in [5.41, 5.74) is 8.18. The molecule has 1 aromatic heterocycles. The van der Waals surface area contributed by atoms with E-state index in [2.05, 4.69) is 20.0 Å². The van der Waals surface area contributed by atoms with Gasteiger partial charge in [-0.2, -0.15) is 0 Å². The molecule has 1 heterocycles. The van der Waals surface area contributed by atoms with E-state index in [4.69, 9.17) is 5.73 Å². The number of halogens is 3. The summed E-state index contributed by atoms with van der Waals surface area (Å²) in [5, 5.41) is 2.81. The van der Waals surface area contributed by atoms with Crippen LogP contribution in [0.1, 0.15) is 5.82 Å². The van der Waals surface area contributed by atoms with Crippen LogP contribution in [0.5, 0.6) is 5.75 Å². The second kappa shape index (κ2) is 6.95. The lowest BCUT2D eigenvalue weighted by Gasteiger charge is -2.10. The van der Waals surface area contributed by atoms with Crippen LogP contribution in [0.2, 0.25) is 0 Å². The molecule has 6 nitrogen and oxygen atoms in total. The molecule has 3 rings (SSSR count). The summed E-state index contributed by atoms with van der Waals surface area (Å²) in [6, 6.07) is 12.9. The average Bonchev–Trinajstić information content (AvgIpc) is 2.90. The number of hydrogen-bond donors (Lipinski definition) is 2. The van der Waals surface area contributed by atoms with E-state index in [9.17, 15) is 13.2 Å². The summed E-state index contributed by atoms with van der Waals surface area (Å²) < 4.78 is 42.1. The predicted molar refractivity (Wildman–Crippen MR) is 92.8 cm³/mol. The number of ether oxygens (including phenoxy) is 1. The number of nitrogens with one attached hydrogen (secondary N) is 1. The van der Waals surface area contributed by atoms with Gasteiger partial charge in [-0.1, -0.05) is 12.1 Å². The highest BCUT2D eigenvalue weighted by Crippen LogP contribution is 2.23. The minimum Gasteiger partial charge on any atom is -0.406 e. The molecule has 0 aliphatic heterocycles. The van der Waals surface area contributed by atoms with Gasteiger partial charge in [0.2, 0.25) is 0 Å². The molecule has 3 aromatic rings. The number of nitrogens with zero attached hydrogens (tertiary/aromatic N) is 3. The van der Waals surface area contributed by atoms with E-state index in [-0.39, 0.29) is 18.3 Å². The Morgan fingerprint density at radius 1 is 1.19 bits per heavy atom. The van der Waals surface area contributed by atoms with Gasteiger partial charge in [0.05, 0.1) is 11.0 Å². The van der Waals surface area contributed by atoms with Crippen LogP contribution < -0.4 is 15.8 Å². The van der Waals surface area contributed by atoms with Crippen molar-refractivity contribution in [2.24, 2.45) is 17.8 Å². The Kier molecular flexibility index (Phi) is 4.70. The van der Waals surface area contributed by atoms with E-state index in [0.29, 0.717) is 5.69 Å². The van der Waals surface area contributed by atoms with Gasteiger partial charge in [0.1, 0.15) is 18.1 Å². The second-order valence-electron chi connectivity index (χ2n) is 5.47. The smallest absolute Gasteiger partial charge is 0.406 e. The number of nitrogens with two attached hydrogens (primary N) is 1. The van der Waals surface area contributed by atoms with Crippen LogP contribution in [-0.2, 0) is 13.6 Å². The third-order valence-electron chi connectivity index (χ3n) is 3.63. The Morgan fingerprint density at radius 3 is 2.54 bits per heavy atom. The van der Waals surface area contributed by atoms with E-state index < -0.39 is 6.36 Å². The number of fused-ring (bicyclic) bond motifs is 1. The topological polar surface area (TPSA) is 77.5 Å². The van der Waals surface area contributed by atoms with Crippen molar-refractivity contribution in [2.45, 2.75) is 12.9 Å². The number of benzene rings is 2. The highest BCUT2D eigenvalue weighted by atomic mass is 19.4. The highest BCUT2D eigenvalue weighted by Gasteiger charge is 2.30. The first-order valence-electron chi connectivity index (χ1n) is 7.65. The monoisotopic (exact) mass is 363 g/mol. The van der Waals surface area contributed by atoms with E-state index in [1.165, 1.54) is 24.3 Å². The van der Waals surface area contributed by atoms with Gasteiger partial charge in [-0.3, -0.25) is 0 Å². The number of aliphatic imine (C=N–C) groups is 1. The van der Waals surface area contributed by atoms with Crippen molar-refractivity contribution in [1.82, 2.24) is 9.55 Å². The Bertz CT molecular complexity index is 932. The molecule has 0 saturated heterocycles. The molecule has 0 atom stereocenters. The fourth-order valence-corrected chi connectivity index (χ4v) is 2.42. The molecule has 0 amide bonds. The number of guanidine groups is 1. The minimum atomic E-state index is -4.72. The number of hydrogen-bond acceptors (Lipinski definition) is 3. The number of anilines is 1. The first kappa shape index (κ1) is 17.6. The maximum Gasteiger partial charge on any atom is 0.573 e. The van der Waals surface area contributed by atoms with Gasteiger partial charge in [0, 0.05) is 12.7 Å². The Balaban J connectivity index is 1.65. The largest absolute Gasteiger partial charge is 0.573 e. The summed E-state index contributed by atoms with van der Waals surface area (Å²) in [4.78, 5) is 8.70. The fraction of sp³-hybridized carbons (Fsp3) is 0.176. The van der Waals surface area contributed by atoms with Crippen LogP contribution in [-0.4, -0.2) is 21.9 Å². The van der Waals surface area contributed by atoms with Crippen molar-refractivity contribution >= 4 is 22.7 Å². The third kappa shape index (κ3) is 4.24. The zero-order chi connectivity index (χ0) is 18.7. The molecule has 2 aromatic carbocycles. The number of imidazole rings is 1. The Morgan fingerprint density at radius 2 is 1.88 bits per heavy atom. The summed E-state index contributed by atoms with van der Waals surface area (Å²) in [6.45, 7) is 0.263. The van der Waals surface area contributed by atoms with Crippen molar-refractivity contribution in [3.05, 3.63) is 54.4 Å². The molecule has 3 N–H and O–H groups in total. The number of rotatable bonds is 4. The van der Waals surface area contributed by atoms with Crippen molar-refractivity contribution in [3.8, 4) is 5.75 Å². The van der Waals surface area contributed by atoms with Gasteiger partial charge >= 0.3 is 6.36 Å². The maximum atomic E-state index is 12.1. The molecular weight excluding hydrogens is 347 g/mol. The van der Waals surface area contributed by atoms with E-state index in [1.54, 1.807) is 0 Å². The Hall–Kier alpha value is -3.23. The minimum absolute atomic E-state index is 0.126. The quantitative estimate of drug-likeness (QED) is 0.550. The van der Waals surface area contributed by atoms with Gasteiger partial charge in [-0.05, 0) is 36.4 Å². The molecule has 0 saturated carbocycles. The van der Waals surface area contributed by atoms with E-state index in [1.807, 2.05) is 35.9 Å². The zero-order valence-electron chi connectivity index (χ0n) is 13.8. The van der Waals surface area contributed by atoms with E-state index in [0.717, 1.165) is 16.9 Å². The molecule has 0 radical (unpaired) electrons. The third-order valence-corrected chi connectivity index (χ3v) is 3.63. The van der Waals surface area contributed by atoms with Crippen LogP contribution >= 0.6 is 0 Å². The standard InChI is InChI=1S/C17H16F3N5O/c1-25-14-5-3-2-4-13(14)24-15(25)10-22-16(21)23-11-6-8-12(9-7-11)26-17(18,19)20/h2-9H,10H2,1H3,(H3,21,22,23). The summed E-state index contributed by atoms with van der Waals surface area (Å²) in [5.74, 6) is 0.560. The molecule has 136 valence electrons. The van der Waals surface area contributed by atoms with Gasteiger partial charge in [-0.25, -0.2) is 9.98 Å². The van der Waals surface area contributed by atoms with E-state index >= 15 is 0 Å². The first-order valence-corrected chi connectivity index (χ1v) is 7.65. The van der Waals surface area contributed by atoms with Crippen molar-refractivity contribution in [2.75, 3.05) is 5.32 Å². The summed E-state index contributed by atoms with van der Waals surface area (Å²) >= 11 is 0. The Labute approximate surface area is 147 Å². The van der Waals surface area contributed by atoms with Crippen molar-refractivity contribution in [1.29, 1.82) is 0 Å². The van der Waals surface area contributed by atoms with Crippen LogP contribution in [0.25, 0.3) is 11.0 Å². The number of alkyl halides is 3. The average molecular weight is 363 g/mol. The normalized spacial score (nSPS) is 12.4. The molecule has 9 heteroatoms. The second-order valence-corrected chi connectivity index (χ2v) is 5.47. The zero-order valence-corrected chi connectivity index (χ0v) is 13.8. The number of aryl methyl sites for hydroxylation is 1. The van der Waals surface area contributed by atoms with Crippen molar-refractivity contribution < 1.29 is 17.9 Å². The summed E-state index contributed by atoms with van der Waals surface area (Å²) in [6.07, 6.45) is -4.72. The van der Waals surface area contributed by atoms with Crippen LogP contribution in [0.4, 0.5) is 18.9 Å². The van der Waals surface area contributed by atoms with Crippen molar-refractivity contribution in [3.63, 3.8) is 0 Å². The summed E-state index contributed by atoms with van der Waals surface area (Å²) in [7, 11) is 1.89. The van der Waals surface area contributed by atoms with Gasteiger partial charge in [-0.15, -0.1) is 13.2 Å². The molecule has 0 fully saturated rings. The molecule has 0 spiro atoms. The fourth-order valence-electron chi connectivity index (χ4n) is 2.42. The van der Waals surface area contributed by atoms with Gasteiger partial charge in [0.15, 0.2) is 5.96 Å². The van der Waals surface area contributed by atoms with Crippen LogP contribution in [0.3, 0.4) is 0 Å². The lowest BCUT2D eigenvalue weighted by atomic mass is 10.3. The highest BCUT2D eigenvalue weighted by molar-refractivity contribution is 5.92. The molecule has 26 heavy (non-hydrogen) atoms. The molecular formula is C17H16F3N5O.